The Hall–Kier alpha value is -4.09. The SMILES string of the molecule is CCn1nnc2c(N3CCOC[C@@H]3C)nc(-c3ccc(NC(=O)Nc4ccc(CO)cc4)cc3)nc21. The molecular formula is C25H28N8O3. The summed E-state index contributed by atoms with van der Waals surface area (Å²) in [5.41, 5.74) is 4.22. The standard InChI is InChI=1S/C25H28N8O3/c1-3-33-24-21(30-31-33)23(32-12-13-36-15-16(32)2)28-22(29-24)18-6-10-20(11-7-18)27-25(35)26-19-8-4-17(14-34)5-9-19/h4-11,16,34H,3,12-15H2,1-2H3,(H2,26,27,35)/t16-/m0/s1. The third kappa shape index (κ3) is 4.83. The first-order valence-corrected chi connectivity index (χ1v) is 11.9. The topological polar surface area (TPSA) is 130 Å². The minimum Gasteiger partial charge on any atom is -0.392 e. The molecule has 1 atom stereocenters. The molecule has 11 heteroatoms. The van der Waals surface area contributed by atoms with Crippen LogP contribution in [0.1, 0.15) is 19.4 Å². The van der Waals surface area contributed by atoms with Crippen molar-refractivity contribution < 1.29 is 14.6 Å². The molecule has 1 saturated heterocycles. The second-order valence-electron chi connectivity index (χ2n) is 8.58. The van der Waals surface area contributed by atoms with Gasteiger partial charge in [0.2, 0.25) is 0 Å². The van der Waals surface area contributed by atoms with Gasteiger partial charge in [0, 0.05) is 30.0 Å². The van der Waals surface area contributed by atoms with Crippen molar-refractivity contribution in [3.63, 3.8) is 0 Å². The van der Waals surface area contributed by atoms with Gasteiger partial charge in [-0.05, 0) is 55.8 Å². The van der Waals surface area contributed by atoms with E-state index in [-0.39, 0.29) is 18.7 Å². The van der Waals surface area contributed by atoms with Crippen molar-refractivity contribution in [1.82, 2.24) is 25.0 Å². The number of aliphatic hydroxyl groups is 1. The number of benzene rings is 2. The Morgan fingerprint density at radius 1 is 1.08 bits per heavy atom. The van der Waals surface area contributed by atoms with Crippen LogP contribution in [0.2, 0.25) is 0 Å². The number of anilines is 3. The highest BCUT2D eigenvalue weighted by atomic mass is 16.5. The molecule has 0 saturated carbocycles. The van der Waals surface area contributed by atoms with E-state index in [1.807, 2.05) is 31.2 Å². The van der Waals surface area contributed by atoms with Crippen LogP contribution >= 0.6 is 0 Å². The maximum atomic E-state index is 12.4. The second-order valence-corrected chi connectivity index (χ2v) is 8.58. The largest absolute Gasteiger partial charge is 0.392 e. The quantitative estimate of drug-likeness (QED) is 0.377. The Morgan fingerprint density at radius 3 is 2.42 bits per heavy atom. The first-order valence-electron chi connectivity index (χ1n) is 11.9. The van der Waals surface area contributed by atoms with E-state index in [0.717, 1.165) is 16.9 Å². The van der Waals surface area contributed by atoms with Gasteiger partial charge in [0.25, 0.3) is 0 Å². The van der Waals surface area contributed by atoms with Crippen molar-refractivity contribution in [2.45, 2.75) is 33.0 Å². The molecule has 2 amide bonds. The van der Waals surface area contributed by atoms with Crippen LogP contribution in [0, 0.1) is 0 Å². The summed E-state index contributed by atoms with van der Waals surface area (Å²) in [5, 5.41) is 23.4. The van der Waals surface area contributed by atoms with Crippen molar-refractivity contribution >= 4 is 34.4 Å². The Kier molecular flexibility index (Phi) is 6.74. The van der Waals surface area contributed by atoms with Crippen LogP contribution in [0.5, 0.6) is 0 Å². The van der Waals surface area contributed by atoms with Gasteiger partial charge in [0.15, 0.2) is 22.8 Å². The molecule has 1 fully saturated rings. The average Bonchev–Trinajstić information content (AvgIpc) is 3.32. The van der Waals surface area contributed by atoms with E-state index in [1.165, 1.54) is 0 Å². The molecule has 0 spiro atoms. The smallest absolute Gasteiger partial charge is 0.323 e. The number of amides is 2. The van der Waals surface area contributed by atoms with Crippen molar-refractivity contribution in [1.29, 1.82) is 0 Å². The van der Waals surface area contributed by atoms with E-state index in [4.69, 9.17) is 19.8 Å². The minimum atomic E-state index is -0.362. The zero-order chi connectivity index (χ0) is 25.1. The molecule has 5 rings (SSSR count). The molecule has 3 heterocycles. The molecule has 1 aliphatic rings. The zero-order valence-corrected chi connectivity index (χ0v) is 20.2. The molecule has 2 aromatic heterocycles. The van der Waals surface area contributed by atoms with Gasteiger partial charge in [0.1, 0.15) is 0 Å². The van der Waals surface area contributed by atoms with Gasteiger partial charge in [-0.25, -0.2) is 19.4 Å². The molecule has 0 unspecified atom stereocenters. The molecule has 0 bridgehead atoms. The van der Waals surface area contributed by atoms with Gasteiger partial charge in [-0.15, -0.1) is 5.10 Å². The second kappa shape index (κ2) is 10.3. The zero-order valence-electron chi connectivity index (χ0n) is 20.2. The number of hydrogen-bond acceptors (Lipinski definition) is 8. The fourth-order valence-electron chi connectivity index (χ4n) is 4.12. The van der Waals surface area contributed by atoms with Gasteiger partial charge >= 0.3 is 6.03 Å². The van der Waals surface area contributed by atoms with Crippen LogP contribution in [0.3, 0.4) is 0 Å². The first kappa shape index (κ1) is 23.6. The highest BCUT2D eigenvalue weighted by Crippen LogP contribution is 2.29. The van der Waals surface area contributed by atoms with Crippen LogP contribution in [-0.4, -0.2) is 61.9 Å². The highest BCUT2D eigenvalue weighted by Gasteiger charge is 2.26. The summed E-state index contributed by atoms with van der Waals surface area (Å²) in [6.07, 6.45) is 0. The summed E-state index contributed by atoms with van der Waals surface area (Å²) in [7, 11) is 0. The van der Waals surface area contributed by atoms with Crippen LogP contribution in [0.25, 0.3) is 22.6 Å². The fraction of sp³-hybridized carbons (Fsp3) is 0.320. The summed E-state index contributed by atoms with van der Waals surface area (Å²) in [4.78, 5) is 24.2. The van der Waals surface area contributed by atoms with E-state index in [1.54, 1.807) is 28.9 Å². The lowest BCUT2D eigenvalue weighted by atomic mass is 10.2. The number of aryl methyl sites for hydroxylation is 1. The number of carbonyl (C=O) groups excluding carboxylic acids is 1. The number of urea groups is 1. The van der Waals surface area contributed by atoms with Gasteiger partial charge < -0.3 is 25.4 Å². The number of rotatable bonds is 6. The van der Waals surface area contributed by atoms with E-state index >= 15 is 0 Å². The third-order valence-electron chi connectivity index (χ3n) is 6.08. The van der Waals surface area contributed by atoms with Crippen LogP contribution in [0.15, 0.2) is 48.5 Å². The van der Waals surface area contributed by atoms with Crippen molar-refractivity contribution in [3.05, 3.63) is 54.1 Å². The first-order chi connectivity index (χ1) is 17.6. The summed E-state index contributed by atoms with van der Waals surface area (Å²) < 4.78 is 7.37. The average molecular weight is 489 g/mol. The highest BCUT2D eigenvalue weighted by molar-refractivity contribution is 5.99. The molecule has 36 heavy (non-hydrogen) atoms. The van der Waals surface area contributed by atoms with E-state index in [2.05, 4.69) is 32.8 Å². The number of ether oxygens (including phenoxy) is 1. The number of morpholine rings is 1. The lowest BCUT2D eigenvalue weighted by molar-refractivity contribution is 0.0987. The maximum absolute atomic E-state index is 12.4. The lowest BCUT2D eigenvalue weighted by Crippen LogP contribution is -2.44. The number of hydrogen-bond donors (Lipinski definition) is 3. The van der Waals surface area contributed by atoms with Crippen molar-refractivity contribution in [3.8, 4) is 11.4 Å². The number of carbonyl (C=O) groups is 1. The number of aromatic nitrogens is 5. The van der Waals surface area contributed by atoms with Crippen LogP contribution < -0.4 is 15.5 Å². The van der Waals surface area contributed by atoms with Gasteiger partial charge in [0.05, 0.1) is 25.9 Å². The number of nitrogens with one attached hydrogen (secondary N) is 2. The summed E-state index contributed by atoms with van der Waals surface area (Å²) in [6, 6.07) is 14.2. The van der Waals surface area contributed by atoms with E-state index in [0.29, 0.717) is 54.7 Å². The molecule has 0 aliphatic carbocycles. The Morgan fingerprint density at radius 2 is 1.78 bits per heavy atom. The Labute approximate surface area is 208 Å². The number of aliphatic hydroxyl groups excluding tert-OH is 1. The lowest BCUT2D eigenvalue weighted by Gasteiger charge is -2.34. The maximum Gasteiger partial charge on any atom is 0.323 e. The molecule has 3 N–H and O–H groups in total. The predicted octanol–water partition coefficient (Wildman–Crippen LogP) is 3.27. The molecule has 2 aromatic carbocycles. The fourth-order valence-corrected chi connectivity index (χ4v) is 4.12. The summed E-state index contributed by atoms with van der Waals surface area (Å²) in [5.74, 6) is 1.31. The molecular weight excluding hydrogens is 460 g/mol. The van der Waals surface area contributed by atoms with Gasteiger partial charge in [-0.3, -0.25) is 0 Å². The molecule has 0 radical (unpaired) electrons. The summed E-state index contributed by atoms with van der Waals surface area (Å²) >= 11 is 0. The normalized spacial score (nSPS) is 15.8. The predicted molar refractivity (Wildman–Crippen MR) is 137 cm³/mol. The van der Waals surface area contributed by atoms with Crippen molar-refractivity contribution in [2.75, 3.05) is 35.3 Å². The monoisotopic (exact) mass is 488 g/mol. The molecule has 186 valence electrons. The minimum absolute atomic E-state index is 0.0419. The number of nitrogens with zero attached hydrogens (tertiary/aromatic N) is 6. The number of fused-ring (bicyclic) bond motifs is 1. The van der Waals surface area contributed by atoms with E-state index in [9.17, 15) is 4.79 Å². The van der Waals surface area contributed by atoms with E-state index < -0.39 is 0 Å². The van der Waals surface area contributed by atoms with Gasteiger partial charge in [-0.2, -0.15) is 0 Å². The van der Waals surface area contributed by atoms with Crippen molar-refractivity contribution in [2.24, 2.45) is 0 Å². The Balaban J connectivity index is 1.38. The molecule has 1 aliphatic heterocycles. The van der Waals surface area contributed by atoms with Crippen LogP contribution in [-0.2, 0) is 17.9 Å². The molecule has 11 nitrogen and oxygen atoms in total. The van der Waals surface area contributed by atoms with Crippen LogP contribution in [0.4, 0.5) is 22.0 Å². The summed E-state index contributed by atoms with van der Waals surface area (Å²) in [6.45, 7) is 6.67. The molecule has 4 aromatic rings. The third-order valence-corrected chi connectivity index (χ3v) is 6.08. The van der Waals surface area contributed by atoms with Gasteiger partial charge in [-0.1, -0.05) is 17.3 Å². The Bertz CT molecular complexity index is 1350.